The van der Waals surface area contributed by atoms with E-state index in [0.717, 1.165) is 23.4 Å². The Bertz CT molecular complexity index is 1300. The Morgan fingerprint density at radius 3 is 2.68 bits per heavy atom. The lowest BCUT2D eigenvalue weighted by Gasteiger charge is -2.63. The third-order valence-electron chi connectivity index (χ3n) is 10.0. The molecule has 4 fully saturated rings. The number of aliphatic hydroxyl groups excluding tert-OH is 1. The summed E-state index contributed by atoms with van der Waals surface area (Å²) in [5.74, 6) is -2.00. The zero-order valence-corrected chi connectivity index (χ0v) is 21.9. The van der Waals surface area contributed by atoms with Gasteiger partial charge in [0.1, 0.15) is 6.17 Å². The van der Waals surface area contributed by atoms with Gasteiger partial charge in [0.05, 0.1) is 24.0 Å². The van der Waals surface area contributed by atoms with E-state index in [9.17, 15) is 20.0 Å². The highest BCUT2D eigenvalue weighted by Gasteiger charge is 2.80. The highest BCUT2D eigenvalue weighted by atomic mass is 32.2. The molecule has 1 aliphatic heterocycles. The monoisotopic (exact) mass is 541 g/mol. The van der Waals surface area contributed by atoms with E-state index in [4.69, 9.17) is 9.47 Å². The van der Waals surface area contributed by atoms with Crippen molar-refractivity contribution in [3.63, 3.8) is 0 Å². The van der Waals surface area contributed by atoms with E-state index in [-0.39, 0.29) is 30.6 Å². The van der Waals surface area contributed by atoms with Crippen LogP contribution in [0, 0.1) is 34.0 Å². The molecule has 0 spiro atoms. The third kappa shape index (κ3) is 3.09. The van der Waals surface area contributed by atoms with Crippen molar-refractivity contribution in [3.8, 4) is 6.07 Å². The minimum absolute atomic E-state index is 0.0524. The maximum atomic E-state index is 17.5. The number of allylic oxidation sites excluding steroid dienone is 4. The average Bonchev–Trinajstić information content (AvgIpc) is 3.40. The van der Waals surface area contributed by atoms with Crippen LogP contribution in [0.25, 0.3) is 0 Å². The fourth-order valence-electron chi connectivity index (χ4n) is 8.26. The molecular formula is C29H29F2NO5S. The van der Waals surface area contributed by atoms with E-state index < -0.39 is 69.5 Å². The number of halogens is 2. The van der Waals surface area contributed by atoms with E-state index in [1.165, 1.54) is 12.2 Å². The number of alkyl halides is 2. The van der Waals surface area contributed by atoms with Crippen molar-refractivity contribution >= 4 is 22.7 Å². The summed E-state index contributed by atoms with van der Waals surface area (Å²) in [6.45, 7) is 3.35. The van der Waals surface area contributed by atoms with Crippen LogP contribution in [-0.4, -0.2) is 51.4 Å². The molecule has 1 N–H and O–H groups in total. The molecule has 1 aromatic rings. The predicted molar refractivity (Wildman–Crippen MR) is 135 cm³/mol. The molecule has 0 radical (unpaired) electrons. The van der Waals surface area contributed by atoms with Crippen LogP contribution in [0.3, 0.4) is 0 Å². The molecule has 6 rings (SSSR count). The first-order valence-electron chi connectivity index (χ1n) is 12.9. The molecule has 1 aromatic carbocycles. The number of carbonyl (C=O) groups excluding carboxylic acids is 2. The van der Waals surface area contributed by atoms with Crippen molar-refractivity contribution in [2.24, 2.45) is 22.7 Å². The van der Waals surface area contributed by atoms with Gasteiger partial charge in [0, 0.05) is 22.3 Å². The summed E-state index contributed by atoms with van der Waals surface area (Å²) in [4.78, 5) is 25.9. The maximum absolute atomic E-state index is 17.5. The van der Waals surface area contributed by atoms with Crippen LogP contribution in [0.2, 0.25) is 0 Å². The van der Waals surface area contributed by atoms with Crippen LogP contribution in [0.15, 0.2) is 54.1 Å². The number of ketones is 1. The maximum Gasteiger partial charge on any atom is 0.225 e. The topological polar surface area (TPSA) is 96.6 Å². The Hall–Kier alpha value is -2.38. The summed E-state index contributed by atoms with van der Waals surface area (Å²) >= 11 is 0.828. The van der Waals surface area contributed by atoms with Gasteiger partial charge in [-0.15, -0.1) is 0 Å². The van der Waals surface area contributed by atoms with Crippen molar-refractivity contribution in [2.75, 3.05) is 5.75 Å². The number of nitriles is 1. The smallest absolute Gasteiger partial charge is 0.225 e. The summed E-state index contributed by atoms with van der Waals surface area (Å²) in [6, 6.07) is 11.2. The first-order valence-corrected chi connectivity index (χ1v) is 13.9. The molecule has 1 heterocycles. The van der Waals surface area contributed by atoms with Gasteiger partial charge < -0.3 is 14.6 Å². The number of nitrogens with zero attached hydrogens (tertiary/aromatic N) is 1. The SMILES string of the molecule is C[C@]12C=CC(=O)C=C1[C@@H](F)C[C@H]1[C@@H]3C[C@H]4O[C@@H](c5ccccc5)O[C@@]4(C(=O)SCC#N)[C@@]3(C)C[C@H](O)[C@@]12F. The van der Waals surface area contributed by atoms with Gasteiger partial charge in [-0.3, -0.25) is 9.59 Å². The van der Waals surface area contributed by atoms with E-state index in [1.54, 1.807) is 6.92 Å². The molecule has 3 saturated carbocycles. The molecular weight excluding hydrogens is 512 g/mol. The fraction of sp³-hybridized carbons (Fsp3) is 0.552. The first kappa shape index (κ1) is 25.9. The quantitative estimate of drug-likeness (QED) is 0.600. The first-order chi connectivity index (χ1) is 18.0. The molecule has 0 aromatic heterocycles. The minimum atomic E-state index is -2.26. The third-order valence-corrected chi connectivity index (χ3v) is 10.9. The lowest BCUT2D eigenvalue weighted by Crippen LogP contribution is -2.70. The molecule has 0 unspecified atom stereocenters. The van der Waals surface area contributed by atoms with Gasteiger partial charge in [-0.05, 0) is 49.8 Å². The fourth-order valence-corrected chi connectivity index (χ4v) is 9.08. The summed E-state index contributed by atoms with van der Waals surface area (Å²) in [6.07, 6.45) is -1.04. The van der Waals surface area contributed by atoms with Crippen LogP contribution in [0.5, 0.6) is 0 Å². The second kappa shape index (κ2) is 8.56. The summed E-state index contributed by atoms with van der Waals surface area (Å²) in [7, 11) is 0. The molecule has 0 bridgehead atoms. The number of aliphatic hydroxyl groups is 1. The van der Waals surface area contributed by atoms with Gasteiger partial charge in [0.2, 0.25) is 5.12 Å². The lowest BCUT2D eigenvalue weighted by molar-refractivity contribution is -0.232. The predicted octanol–water partition coefficient (Wildman–Crippen LogP) is 4.55. The van der Waals surface area contributed by atoms with E-state index in [2.05, 4.69) is 0 Å². The van der Waals surface area contributed by atoms with Gasteiger partial charge in [0.15, 0.2) is 23.3 Å². The van der Waals surface area contributed by atoms with Crippen LogP contribution < -0.4 is 0 Å². The number of hydrogen-bond donors (Lipinski definition) is 1. The summed E-state index contributed by atoms with van der Waals surface area (Å²) in [5.41, 5.74) is -5.64. The minimum Gasteiger partial charge on any atom is -0.390 e. The van der Waals surface area contributed by atoms with Crippen molar-refractivity contribution in [1.82, 2.24) is 0 Å². The zero-order valence-electron chi connectivity index (χ0n) is 21.1. The van der Waals surface area contributed by atoms with Gasteiger partial charge in [0.25, 0.3) is 0 Å². The highest BCUT2D eigenvalue weighted by molar-refractivity contribution is 8.14. The molecule has 0 amide bonds. The van der Waals surface area contributed by atoms with Crippen LogP contribution in [0.1, 0.15) is 45.0 Å². The number of thioether (sulfide) groups is 1. The molecule has 9 heteroatoms. The lowest BCUT2D eigenvalue weighted by atomic mass is 9.44. The molecule has 1 saturated heterocycles. The average molecular weight is 542 g/mol. The summed E-state index contributed by atoms with van der Waals surface area (Å²) < 4.78 is 46.0. The van der Waals surface area contributed by atoms with E-state index in [0.29, 0.717) is 0 Å². The standard InChI is InChI=1S/C29H29F2NO5S/c1-26-9-8-17(33)12-20(26)21(30)13-19-18-14-23-29(25(35)38-11-10-32,27(18,2)15-22(34)28(19,26)31)37-24(36-23)16-6-4-3-5-7-16/h3-9,12,18-19,21-24,34H,11,13-15H2,1-2H3/t18-,19-,21-,22-,23+,24+,26-,27-,28-,29-/m0/s1. The van der Waals surface area contributed by atoms with Crippen LogP contribution >= 0.6 is 11.8 Å². The normalized spacial score (nSPS) is 46.8. The second-order valence-corrected chi connectivity index (χ2v) is 12.5. The molecule has 38 heavy (non-hydrogen) atoms. The molecule has 200 valence electrons. The Labute approximate surface area is 224 Å². The Balaban J connectivity index is 1.45. The number of hydrogen-bond acceptors (Lipinski definition) is 7. The number of carbonyl (C=O) groups is 2. The zero-order chi connectivity index (χ0) is 27.1. The Morgan fingerprint density at radius 1 is 1.24 bits per heavy atom. The second-order valence-electron chi connectivity index (χ2n) is 11.6. The van der Waals surface area contributed by atoms with Gasteiger partial charge in [-0.25, -0.2) is 8.78 Å². The van der Waals surface area contributed by atoms with Crippen LogP contribution in [-0.2, 0) is 19.1 Å². The number of fused-ring (bicyclic) bond motifs is 7. The number of rotatable bonds is 3. The van der Waals surface area contributed by atoms with E-state index in [1.807, 2.05) is 43.3 Å². The van der Waals surface area contributed by atoms with Crippen molar-refractivity contribution in [2.45, 2.75) is 69.0 Å². The van der Waals surface area contributed by atoms with Gasteiger partial charge in [-0.1, -0.05) is 55.1 Å². The largest absolute Gasteiger partial charge is 0.390 e. The molecule has 5 aliphatic rings. The molecule has 6 nitrogen and oxygen atoms in total. The Kier molecular flexibility index (Phi) is 5.83. The number of benzene rings is 1. The number of ether oxygens (including phenoxy) is 2. The Morgan fingerprint density at radius 2 is 1.97 bits per heavy atom. The van der Waals surface area contributed by atoms with Gasteiger partial charge >= 0.3 is 0 Å². The van der Waals surface area contributed by atoms with Crippen molar-refractivity contribution < 1.29 is 33.0 Å². The van der Waals surface area contributed by atoms with Crippen LogP contribution in [0.4, 0.5) is 8.78 Å². The van der Waals surface area contributed by atoms with E-state index >= 15 is 8.78 Å². The summed E-state index contributed by atoms with van der Waals surface area (Å²) in [5, 5.41) is 20.4. The molecule has 4 aliphatic carbocycles. The van der Waals surface area contributed by atoms with Gasteiger partial charge in [-0.2, -0.15) is 5.26 Å². The van der Waals surface area contributed by atoms with Crippen molar-refractivity contribution in [1.29, 1.82) is 5.26 Å². The molecule has 10 atom stereocenters. The van der Waals surface area contributed by atoms with Crippen molar-refractivity contribution in [3.05, 3.63) is 59.7 Å². The highest BCUT2D eigenvalue weighted by Crippen LogP contribution is 2.73.